The van der Waals surface area contributed by atoms with Crippen LogP contribution in [0.25, 0.3) is 10.9 Å². The molecule has 1 heterocycles. The van der Waals surface area contributed by atoms with Crippen LogP contribution in [0.4, 0.5) is 0 Å². The first-order valence-corrected chi connectivity index (χ1v) is 6.48. The van der Waals surface area contributed by atoms with Crippen molar-refractivity contribution in [2.24, 2.45) is 0 Å². The van der Waals surface area contributed by atoms with Crippen molar-refractivity contribution in [2.45, 2.75) is 38.5 Å². The molecule has 0 amide bonds. The molecule has 1 aromatic heterocycles. The summed E-state index contributed by atoms with van der Waals surface area (Å²) >= 11 is 0. The van der Waals surface area contributed by atoms with Crippen molar-refractivity contribution in [3.63, 3.8) is 0 Å². The molecule has 94 valence electrons. The summed E-state index contributed by atoms with van der Waals surface area (Å²) in [5, 5.41) is 13.9. The van der Waals surface area contributed by atoms with Gasteiger partial charge in [-0.05, 0) is 43.5 Å². The highest BCUT2D eigenvalue weighted by Gasteiger charge is 2.26. The third-order valence-electron chi connectivity index (χ3n) is 3.60. The predicted molar refractivity (Wildman–Crippen MR) is 72.3 cm³/mol. The largest absolute Gasteiger partial charge is 0.393 e. The van der Waals surface area contributed by atoms with Crippen molar-refractivity contribution in [1.82, 2.24) is 10.3 Å². The van der Waals surface area contributed by atoms with Crippen molar-refractivity contribution in [3.05, 3.63) is 41.6 Å². The molecule has 0 aliphatic heterocycles. The van der Waals surface area contributed by atoms with E-state index in [1.54, 1.807) is 0 Å². The lowest BCUT2D eigenvalue weighted by Gasteiger charge is -2.32. The summed E-state index contributed by atoms with van der Waals surface area (Å²) in [5.74, 6) is 0. The van der Waals surface area contributed by atoms with Gasteiger partial charge in [0.25, 0.3) is 0 Å². The first kappa shape index (κ1) is 11.6. The molecular formula is C15H18N2O. The second-order valence-electron chi connectivity index (χ2n) is 5.18. The van der Waals surface area contributed by atoms with Gasteiger partial charge in [0.05, 0.1) is 11.6 Å². The third kappa shape index (κ3) is 2.37. The number of benzene rings is 1. The summed E-state index contributed by atoms with van der Waals surface area (Å²) in [6.45, 7) is 2.87. The summed E-state index contributed by atoms with van der Waals surface area (Å²) in [6, 6.07) is 11.0. The van der Waals surface area contributed by atoms with E-state index in [2.05, 4.69) is 34.6 Å². The van der Waals surface area contributed by atoms with E-state index in [4.69, 9.17) is 0 Å². The molecule has 1 fully saturated rings. The van der Waals surface area contributed by atoms with Crippen LogP contribution in [-0.4, -0.2) is 22.2 Å². The van der Waals surface area contributed by atoms with Gasteiger partial charge in [-0.15, -0.1) is 0 Å². The Balaban J connectivity index is 1.71. The molecule has 2 N–H and O–H groups in total. The van der Waals surface area contributed by atoms with Gasteiger partial charge >= 0.3 is 0 Å². The zero-order valence-electron chi connectivity index (χ0n) is 10.6. The second-order valence-corrected chi connectivity index (χ2v) is 5.18. The Morgan fingerprint density at radius 1 is 1.28 bits per heavy atom. The number of hydrogen-bond donors (Lipinski definition) is 2. The van der Waals surface area contributed by atoms with Crippen molar-refractivity contribution in [2.75, 3.05) is 0 Å². The number of hydrogen-bond acceptors (Lipinski definition) is 3. The Hall–Kier alpha value is -1.45. The molecule has 0 spiro atoms. The van der Waals surface area contributed by atoms with Gasteiger partial charge in [-0.1, -0.05) is 12.1 Å². The van der Waals surface area contributed by atoms with Gasteiger partial charge < -0.3 is 10.4 Å². The van der Waals surface area contributed by atoms with Crippen LogP contribution in [0, 0.1) is 6.92 Å². The van der Waals surface area contributed by atoms with E-state index in [-0.39, 0.29) is 6.10 Å². The molecule has 2 aromatic rings. The summed E-state index contributed by atoms with van der Waals surface area (Å²) in [4.78, 5) is 4.50. The zero-order valence-corrected chi connectivity index (χ0v) is 10.6. The molecule has 0 radical (unpaired) electrons. The molecule has 3 nitrogen and oxygen atoms in total. The van der Waals surface area contributed by atoms with Crippen LogP contribution in [0.5, 0.6) is 0 Å². The quantitative estimate of drug-likeness (QED) is 0.867. The summed E-state index contributed by atoms with van der Waals surface area (Å²) in [6.07, 6.45) is 1.68. The number of fused-ring (bicyclic) bond motifs is 1. The number of pyridine rings is 1. The zero-order chi connectivity index (χ0) is 12.5. The summed E-state index contributed by atoms with van der Waals surface area (Å²) in [7, 11) is 0. The molecule has 0 unspecified atom stereocenters. The fourth-order valence-electron chi connectivity index (χ4n) is 2.40. The number of aliphatic hydroxyl groups excluding tert-OH is 1. The van der Waals surface area contributed by atoms with Crippen LogP contribution in [-0.2, 0) is 6.54 Å². The number of aromatic nitrogens is 1. The molecule has 3 heteroatoms. The minimum absolute atomic E-state index is 0.0914. The van der Waals surface area contributed by atoms with Gasteiger partial charge in [0.15, 0.2) is 0 Å². The Labute approximate surface area is 107 Å². The van der Waals surface area contributed by atoms with Gasteiger partial charge in [0.1, 0.15) is 0 Å². The lowest BCUT2D eigenvalue weighted by Crippen LogP contribution is -2.43. The van der Waals surface area contributed by atoms with Crippen molar-refractivity contribution >= 4 is 10.9 Å². The monoisotopic (exact) mass is 242 g/mol. The predicted octanol–water partition coefficient (Wildman–Crippen LogP) is 2.16. The smallest absolute Gasteiger partial charge is 0.0705 e. The summed E-state index contributed by atoms with van der Waals surface area (Å²) < 4.78 is 0. The van der Waals surface area contributed by atoms with Gasteiger partial charge in [-0.2, -0.15) is 0 Å². The minimum atomic E-state index is -0.0914. The van der Waals surface area contributed by atoms with E-state index in [0.29, 0.717) is 6.04 Å². The summed E-state index contributed by atoms with van der Waals surface area (Å²) in [5.41, 5.74) is 3.38. The van der Waals surface area contributed by atoms with Crippen LogP contribution in [0.15, 0.2) is 30.3 Å². The molecule has 3 rings (SSSR count). The van der Waals surface area contributed by atoms with E-state index in [1.807, 2.05) is 13.0 Å². The van der Waals surface area contributed by atoms with Gasteiger partial charge in [-0.3, -0.25) is 4.98 Å². The Morgan fingerprint density at radius 3 is 2.89 bits per heavy atom. The molecule has 0 bridgehead atoms. The van der Waals surface area contributed by atoms with Crippen LogP contribution >= 0.6 is 0 Å². The van der Waals surface area contributed by atoms with Gasteiger partial charge in [0.2, 0.25) is 0 Å². The molecule has 1 aliphatic carbocycles. The number of nitrogens with zero attached hydrogens (tertiary/aromatic N) is 1. The topological polar surface area (TPSA) is 45.1 Å². The molecule has 1 aromatic carbocycles. The minimum Gasteiger partial charge on any atom is -0.393 e. The normalized spacial score (nSPS) is 23.0. The molecule has 1 saturated carbocycles. The Kier molecular flexibility index (Phi) is 3.02. The van der Waals surface area contributed by atoms with E-state index in [9.17, 15) is 5.11 Å². The Bertz CT molecular complexity index is 561. The van der Waals surface area contributed by atoms with E-state index < -0.39 is 0 Å². The number of rotatable bonds is 3. The van der Waals surface area contributed by atoms with Crippen LogP contribution in [0.2, 0.25) is 0 Å². The molecule has 0 saturated heterocycles. The standard InChI is InChI=1S/C15H18N2O/c1-10-2-4-12-6-11(3-5-15(12)17-10)9-16-13-7-14(18)8-13/h2-6,13-14,16,18H,7-9H2,1H3. The van der Waals surface area contributed by atoms with Crippen LogP contribution in [0.1, 0.15) is 24.1 Å². The van der Waals surface area contributed by atoms with Gasteiger partial charge in [0, 0.05) is 23.7 Å². The Morgan fingerprint density at radius 2 is 2.11 bits per heavy atom. The number of nitrogens with one attached hydrogen (secondary N) is 1. The third-order valence-corrected chi connectivity index (χ3v) is 3.60. The maximum atomic E-state index is 9.23. The van der Waals surface area contributed by atoms with Crippen LogP contribution < -0.4 is 5.32 Å². The molecular weight excluding hydrogens is 224 g/mol. The fourth-order valence-corrected chi connectivity index (χ4v) is 2.40. The van der Waals surface area contributed by atoms with Crippen molar-refractivity contribution in [3.8, 4) is 0 Å². The van der Waals surface area contributed by atoms with Gasteiger partial charge in [-0.25, -0.2) is 0 Å². The number of aliphatic hydroxyl groups is 1. The number of aryl methyl sites for hydroxylation is 1. The van der Waals surface area contributed by atoms with Crippen LogP contribution in [0.3, 0.4) is 0 Å². The van der Waals surface area contributed by atoms with Crippen molar-refractivity contribution < 1.29 is 5.11 Å². The first-order valence-electron chi connectivity index (χ1n) is 6.48. The second kappa shape index (κ2) is 4.67. The maximum Gasteiger partial charge on any atom is 0.0705 e. The van der Waals surface area contributed by atoms with E-state index in [0.717, 1.165) is 30.6 Å². The highest BCUT2D eigenvalue weighted by molar-refractivity contribution is 5.79. The fraction of sp³-hybridized carbons (Fsp3) is 0.400. The highest BCUT2D eigenvalue weighted by atomic mass is 16.3. The van der Waals surface area contributed by atoms with E-state index in [1.165, 1.54) is 10.9 Å². The average Bonchev–Trinajstić information content (AvgIpc) is 2.33. The molecule has 0 atom stereocenters. The average molecular weight is 242 g/mol. The lowest BCUT2D eigenvalue weighted by atomic mass is 9.89. The maximum absolute atomic E-state index is 9.23. The molecule has 1 aliphatic rings. The molecule has 18 heavy (non-hydrogen) atoms. The SMILES string of the molecule is Cc1ccc2cc(CNC3CC(O)C3)ccc2n1. The lowest BCUT2D eigenvalue weighted by molar-refractivity contribution is 0.0619. The van der Waals surface area contributed by atoms with Crippen molar-refractivity contribution in [1.29, 1.82) is 0 Å². The first-order chi connectivity index (χ1) is 8.70. The van der Waals surface area contributed by atoms with E-state index >= 15 is 0 Å². The highest BCUT2D eigenvalue weighted by Crippen LogP contribution is 2.20.